The lowest BCUT2D eigenvalue weighted by atomic mass is 10.2. The quantitative estimate of drug-likeness (QED) is 0.255. The predicted molar refractivity (Wildman–Crippen MR) is 89.8 cm³/mol. The predicted octanol–water partition coefficient (Wildman–Crippen LogP) is -1.02. The van der Waals surface area contributed by atoms with Gasteiger partial charge in [0.1, 0.15) is 5.78 Å². The number of aliphatic carboxylic acids is 1. The molecule has 10 nitrogen and oxygen atoms in total. The van der Waals surface area contributed by atoms with Gasteiger partial charge in [0.2, 0.25) is 5.91 Å². The molecule has 1 amide bonds. The molecular weight excluding hydrogens is 350 g/mol. The number of ether oxygens (including phenoxy) is 4. The van der Waals surface area contributed by atoms with Gasteiger partial charge in [-0.05, 0) is 6.92 Å². The molecule has 0 aromatic rings. The van der Waals surface area contributed by atoms with Crippen LogP contribution in [-0.4, -0.2) is 93.4 Å². The molecule has 26 heavy (non-hydrogen) atoms. The Morgan fingerprint density at radius 2 is 1.31 bits per heavy atom. The second-order valence-corrected chi connectivity index (χ2v) is 5.31. The topological polar surface area (TPSA) is 141 Å². The molecule has 1 unspecified atom stereocenters. The van der Waals surface area contributed by atoms with Crippen molar-refractivity contribution in [3.63, 3.8) is 0 Å². The summed E-state index contributed by atoms with van der Waals surface area (Å²) < 4.78 is 21.0. The summed E-state index contributed by atoms with van der Waals surface area (Å²) in [6.45, 7) is 4.85. The fourth-order valence-corrected chi connectivity index (χ4v) is 1.58. The van der Waals surface area contributed by atoms with Gasteiger partial charge in [0.25, 0.3) is 0 Å². The molecule has 0 saturated heterocycles. The zero-order valence-corrected chi connectivity index (χ0v) is 15.1. The minimum Gasteiger partial charge on any atom is -0.479 e. The molecule has 0 rings (SSSR count). The third-order valence-corrected chi connectivity index (χ3v) is 2.95. The second-order valence-electron chi connectivity index (χ2n) is 5.31. The lowest BCUT2D eigenvalue weighted by Gasteiger charge is -2.09. The molecule has 0 aliphatic rings. The summed E-state index contributed by atoms with van der Waals surface area (Å²) in [5, 5.41) is 19.9. The summed E-state index contributed by atoms with van der Waals surface area (Å²) >= 11 is 0. The molecular formula is C16H29NO9. The van der Waals surface area contributed by atoms with Gasteiger partial charge in [-0.2, -0.15) is 0 Å². The minimum absolute atomic E-state index is 0.0981. The van der Waals surface area contributed by atoms with Crippen LogP contribution < -0.4 is 5.32 Å². The van der Waals surface area contributed by atoms with Crippen molar-refractivity contribution in [1.29, 1.82) is 0 Å². The van der Waals surface area contributed by atoms with Gasteiger partial charge in [0, 0.05) is 13.0 Å². The normalized spacial score (nSPS) is 11.9. The number of carbonyl (C=O) groups excluding carboxylic acids is 2. The van der Waals surface area contributed by atoms with Crippen LogP contribution in [0.4, 0.5) is 0 Å². The van der Waals surface area contributed by atoms with Crippen molar-refractivity contribution in [1.82, 2.24) is 5.32 Å². The third kappa shape index (κ3) is 17.2. The summed E-state index contributed by atoms with van der Waals surface area (Å²) in [5.74, 6) is -1.89. The third-order valence-electron chi connectivity index (χ3n) is 2.95. The fourth-order valence-electron chi connectivity index (χ4n) is 1.58. The van der Waals surface area contributed by atoms with Crippen molar-refractivity contribution in [2.24, 2.45) is 0 Å². The summed E-state index contributed by atoms with van der Waals surface area (Å²) in [7, 11) is 0. The second kappa shape index (κ2) is 16.9. The Balaban J connectivity index is 3.21. The first-order valence-electron chi connectivity index (χ1n) is 8.41. The number of Topliss-reactive ketones (excluding diaryl/α,β-unsaturated/α-hetero) is 1. The van der Waals surface area contributed by atoms with Crippen LogP contribution in [0.25, 0.3) is 0 Å². The summed E-state index contributed by atoms with van der Waals surface area (Å²) in [6, 6.07) is 0. The smallest absolute Gasteiger partial charge is 0.333 e. The van der Waals surface area contributed by atoms with E-state index in [4.69, 9.17) is 29.2 Å². The molecule has 152 valence electrons. The summed E-state index contributed by atoms with van der Waals surface area (Å²) in [4.78, 5) is 32.3. The SMILES string of the molecule is CC(=O)CCOCCOCCOCCOCCNC(=O)CC(O)C(=O)O. The maximum atomic E-state index is 11.3. The molecule has 0 bridgehead atoms. The van der Waals surface area contributed by atoms with Gasteiger partial charge >= 0.3 is 5.97 Å². The number of carboxylic acid groups (broad SMARTS) is 1. The van der Waals surface area contributed by atoms with Crippen molar-refractivity contribution < 1.29 is 43.5 Å². The van der Waals surface area contributed by atoms with Crippen LogP contribution in [0, 0.1) is 0 Å². The van der Waals surface area contributed by atoms with Crippen LogP contribution in [-0.2, 0) is 33.3 Å². The average molecular weight is 379 g/mol. The van der Waals surface area contributed by atoms with Crippen LogP contribution in [0.3, 0.4) is 0 Å². The monoisotopic (exact) mass is 379 g/mol. The maximum Gasteiger partial charge on any atom is 0.333 e. The lowest BCUT2D eigenvalue weighted by molar-refractivity contribution is -0.149. The maximum absolute atomic E-state index is 11.3. The molecule has 0 spiro atoms. The van der Waals surface area contributed by atoms with E-state index in [1.807, 2.05) is 0 Å². The molecule has 0 heterocycles. The van der Waals surface area contributed by atoms with E-state index in [0.717, 1.165) is 0 Å². The van der Waals surface area contributed by atoms with E-state index in [9.17, 15) is 14.4 Å². The number of nitrogens with one attached hydrogen (secondary N) is 1. The molecule has 0 aromatic carbocycles. The number of aliphatic hydroxyl groups excluding tert-OH is 1. The van der Waals surface area contributed by atoms with Crippen LogP contribution in [0.15, 0.2) is 0 Å². The van der Waals surface area contributed by atoms with Gasteiger partial charge in [-0.1, -0.05) is 0 Å². The molecule has 0 fully saturated rings. The summed E-state index contributed by atoms with van der Waals surface area (Å²) in [6.07, 6.45) is -1.77. The molecule has 0 radical (unpaired) electrons. The number of amides is 1. The molecule has 0 aliphatic carbocycles. The highest BCUT2D eigenvalue weighted by atomic mass is 16.6. The Bertz CT molecular complexity index is 403. The van der Waals surface area contributed by atoms with E-state index < -0.39 is 24.4 Å². The van der Waals surface area contributed by atoms with Crippen molar-refractivity contribution in [3.05, 3.63) is 0 Å². The number of ketones is 1. The van der Waals surface area contributed by atoms with Gasteiger partial charge in [0.15, 0.2) is 6.10 Å². The Morgan fingerprint density at radius 1 is 0.846 bits per heavy atom. The van der Waals surface area contributed by atoms with Crippen molar-refractivity contribution in [3.8, 4) is 0 Å². The van der Waals surface area contributed by atoms with Gasteiger partial charge < -0.3 is 34.5 Å². The number of carboxylic acids is 1. The number of aliphatic hydroxyl groups is 1. The highest BCUT2D eigenvalue weighted by Gasteiger charge is 2.17. The van der Waals surface area contributed by atoms with Gasteiger partial charge in [-0.15, -0.1) is 0 Å². The number of rotatable bonds is 18. The zero-order valence-electron chi connectivity index (χ0n) is 15.1. The first-order chi connectivity index (χ1) is 12.4. The molecule has 10 heteroatoms. The Labute approximate surface area is 152 Å². The van der Waals surface area contributed by atoms with Crippen molar-refractivity contribution in [2.75, 3.05) is 59.4 Å². The van der Waals surface area contributed by atoms with E-state index >= 15 is 0 Å². The average Bonchev–Trinajstić information content (AvgIpc) is 2.57. The standard InChI is InChI=1S/C16H29NO9/c1-13(18)2-4-23-6-8-25-10-11-26-9-7-24-5-3-17-15(20)12-14(19)16(21)22/h14,19H,2-12H2,1H3,(H,17,20)(H,21,22). The number of hydrogen-bond donors (Lipinski definition) is 3. The van der Waals surface area contributed by atoms with Crippen LogP contribution >= 0.6 is 0 Å². The first kappa shape index (κ1) is 24.4. The van der Waals surface area contributed by atoms with E-state index in [1.54, 1.807) is 0 Å². The number of carbonyl (C=O) groups is 3. The van der Waals surface area contributed by atoms with E-state index in [-0.39, 0.29) is 18.9 Å². The molecule has 3 N–H and O–H groups in total. The minimum atomic E-state index is -1.70. The van der Waals surface area contributed by atoms with Gasteiger partial charge in [-0.25, -0.2) is 4.79 Å². The highest BCUT2D eigenvalue weighted by molar-refractivity contribution is 5.83. The van der Waals surface area contributed by atoms with E-state index in [0.29, 0.717) is 52.7 Å². The Morgan fingerprint density at radius 3 is 1.77 bits per heavy atom. The summed E-state index contributed by atoms with van der Waals surface area (Å²) in [5.41, 5.74) is 0. The van der Waals surface area contributed by atoms with Crippen molar-refractivity contribution in [2.45, 2.75) is 25.9 Å². The Hall–Kier alpha value is -1.59. The zero-order chi connectivity index (χ0) is 19.6. The molecule has 0 aromatic heterocycles. The first-order valence-corrected chi connectivity index (χ1v) is 8.41. The highest BCUT2D eigenvalue weighted by Crippen LogP contribution is 1.91. The lowest BCUT2D eigenvalue weighted by Crippen LogP contribution is -2.33. The van der Waals surface area contributed by atoms with Crippen LogP contribution in [0.1, 0.15) is 19.8 Å². The fraction of sp³-hybridized carbons (Fsp3) is 0.812. The van der Waals surface area contributed by atoms with Crippen LogP contribution in [0.2, 0.25) is 0 Å². The van der Waals surface area contributed by atoms with E-state index in [2.05, 4.69) is 5.32 Å². The van der Waals surface area contributed by atoms with Gasteiger partial charge in [-0.3, -0.25) is 9.59 Å². The number of hydrogen-bond acceptors (Lipinski definition) is 8. The molecule has 0 aliphatic heterocycles. The molecule has 1 atom stereocenters. The Kier molecular flexibility index (Phi) is 15.8. The van der Waals surface area contributed by atoms with Crippen molar-refractivity contribution >= 4 is 17.7 Å². The van der Waals surface area contributed by atoms with Crippen LogP contribution in [0.5, 0.6) is 0 Å². The molecule has 0 saturated carbocycles. The van der Waals surface area contributed by atoms with E-state index in [1.165, 1.54) is 6.92 Å². The van der Waals surface area contributed by atoms with Gasteiger partial charge in [0.05, 0.1) is 59.3 Å². The largest absolute Gasteiger partial charge is 0.479 e.